The molecule has 0 bridgehead atoms. The second-order valence-electron chi connectivity index (χ2n) is 8.41. The Bertz CT molecular complexity index is 708. The molecule has 1 N–H and O–H groups in total. The van der Waals surface area contributed by atoms with E-state index in [2.05, 4.69) is 10.3 Å². The second kappa shape index (κ2) is 7.54. The van der Waals surface area contributed by atoms with Crippen LogP contribution >= 0.6 is 0 Å². The van der Waals surface area contributed by atoms with Crippen molar-refractivity contribution in [1.82, 2.24) is 15.2 Å². The second-order valence-corrected chi connectivity index (χ2v) is 8.41. The summed E-state index contributed by atoms with van der Waals surface area (Å²) >= 11 is 0. The average molecular weight is 396 g/mol. The zero-order chi connectivity index (χ0) is 19.8. The van der Waals surface area contributed by atoms with Crippen molar-refractivity contribution in [1.29, 1.82) is 0 Å². The van der Waals surface area contributed by atoms with Gasteiger partial charge in [-0.05, 0) is 56.2 Å². The summed E-state index contributed by atoms with van der Waals surface area (Å²) < 4.78 is 40.0. The van der Waals surface area contributed by atoms with E-state index < -0.39 is 11.7 Å². The standard InChI is InChI=1S/C20H27F3N4O/c21-20(22,23)16-4-1-8-25-17(16)27-10-2-3-15(13-27)18(28)26-11-6-19(7-12-26)5-9-24-14-19/h1,4,8,15,24H,2-3,5-7,9-14H2. The monoisotopic (exact) mass is 396 g/mol. The maximum Gasteiger partial charge on any atom is 0.419 e. The molecule has 0 aliphatic carbocycles. The number of pyridine rings is 1. The van der Waals surface area contributed by atoms with Gasteiger partial charge in [0.25, 0.3) is 0 Å². The molecule has 8 heteroatoms. The van der Waals surface area contributed by atoms with Gasteiger partial charge in [-0.25, -0.2) is 4.98 Å². The molecular formula is C20H27F3N4O. The van der Waals surface area contributed by atoms with Crippen LogP contribution in [0, 0.1) is 11.3 Å². The van der Waals surface area contributed by atoms with Crippen molar-refractivity contribution in [2.45, 2.75) is 38.3 Å². The number of aromatic nitrogens is 1. The van der Waals surface area contributed by atoms with E-state index in [1.807, 2.05) is 4.90 Å². The largest absolute Gasteiger partial charge is 0.419 e. The highest BCUT2D eigenvalue weighted by Crippen LogP contribution is 2.39. The van der Waals surface area contributed by atoms with Crippen molar-refractivity contribution in [2.75, 3.05) is 44.2 Å². The van der Waals surface area contributed by atoms with Gasteiger partial charge in [-0.1, -0.05) is 0 Å². The number of nitrogens with one attached hydrogen (secondary N) is 1. The summed E-state index contributed by atoms with van der Waals surface area (Å²) in [4.78, 5) is 20.6. The topological polar surface area (TPSA) is 48.5 Å². The van der Waals surface area contributed by atoms with E-state index in [9.17, 15) is 18.0 Å². The minimum atomic E-state index is -4.45. The van der Waals surface area contributed by atoms with Gasteiger partial charge in [-0.3, -0.25) is 4.79 Å². The van der Waals surface area contributed by atoms with Crippen LogP contribution in [0.25, 0.3) is 0 Å². The number of rotatable bonds is 2. The van der Waals surface area contributed by atoms with Crippen LogP contribution in [0.3, 0.4) is 0 Å². The lowest BCUT2D eigenvalue weighted by molar-refractivity contribution is -0.138. The van der Waals surface area contributed by atoms with Crippen LogP contribution in [0.15, 0.2) is 18.3 Å². The smallest absolute Gasteiger partial charge is 0.355 e. The lowest BCUT2D eigenvalue weighted by atomic mass is 9.77. The number of nitrogens with zero attached hydrogens (tertiary/aromatic N) is 3. The maximum atomic E-state index is 13.3. The van der Waals surface area contributed by atoms with Gasteiger partial charge in [-0.15, -0.1) is 0 Å². The molecule has 3 fully saturated rings. The molecule has 1 aromatic heterocycles. The number of halogens is 3. The Morgan fingerprint density at radius 2 is 2.00 bits per heavy atom. The lowest BCUT2D eigenvalue weighted by Crippen LogP contribution is -2.49. The molecule has 0 saturated carbocycles. The van der Waals surface area contributed by atoms with Gasteiger partial charge in [0.2, 0.25) is 5.91 Å². The summed E-state index contributed by atoms with van der Waals surface area (Å²) in [7, 11) is 0. The summed E-state index contributed by atoms with van der Waals surface area (Å²) in [6.07, 6.45) is 1.57. The normalized spacial score (nSPS) is 25.3. The van der Waals surface area contributed by atoms with Gasteiger partial charge >= 0.3 is 6.18 Å². The number of carbonyl (C=O) groups is 1. The van der Waals surface area contributed by atoms with Gasteiger partial charge in [0.05, 0.1) is 11.5 Å². The Hall–Kier alpha value is -1.83. The van der Waals surface area contributed by atoms with E-state index in [1.165, 1.54) is 18.7 Å². The fraction of sp³-hybridized carbons (Fsp3) is 0.700. The van der Waals surface area contributed by atoms with E-state index in [0.29, 0.717) is 24.9 Å². The summed E-state index contributed by atoms with van der Waals surface area (Å²) in [5.41, 5.74) is -0.387. The number of alkyl halides is 3. The van der Waals surface area contributed by atoms with Crippen molar-refractivity contribution < 1.29 is 18.0 Å². The van der Waals surface area contributed by atoms with E-state index in [-0.39, 0.29) is 17.6 Å². The molecule has 3 aliphatic heterocycles. The predicted octanol–water partition coefficient (Wildman–Crippen LogP) is 2.92. The van der Waals surface area contributed by atoms with Crippen LogP contribution in [-0.2, 0) is 11.0 Å². The van der Waals surface area contributed by atoms with Crippen molar-refractivity contribution in [3.8, 4) is 0 Å². The number of anilines is 1. The van der Waals surface area contributed by atoms with Crippen molar-refractivity contribution in [3.63, 3.8) is 0 Å². The first-order valence-electron chi connectivity index (χ1n) is 10.1. The number of carbonyl (C=O) groups excluding carboxylic acids is 1. The van der Waals surface area contributed by atoms with Gasteiger partial charge in [0.1, 0.15) is 5.82 Å². The third-order valence-electron chi connectivity index (χ3n) is 6.63. The molecule has 1 aromatic rings. The van der Waals surface area contributed by atoms with Crippen molar-refractivity contribution in [3.05, 3.63) is 23.9 Å². The van der Waals surface area contributed by atoms with Gasteiger partial charge in [-0.2, -0.15) is 13.2 Å². The van der Waals surface area contributed by atoms with Crippen LogP contribution < -0.4 is 10.2 Å². The molecule has 4 heterocycles. The SMILES string of the molecule is O=C(C1CCCN(c2ncccc2C(F)(F)F)C1)N1CCC2(CCNC2)CC1. The number of amides is 1. The molecule has 1 atom stereocenters. The van der Waals surface area contributed by atoms with Gasteiger partial charge < -0.3 is 15.1 Å². The highest BCUT2D eigenvalue weighted by atomic mass is 19.4. The Kier molecular flexibility index (Phi) is 5.24. The van der Waals surface area contributed by atoms with E-state index >= 15 is 0 Å². The highest BCUT2D eigenvalue weighted by Gasteiger charge is 2.41. The molecule has 3 saturated heterocycles. The number of likely N-dealkylation sites (tertiary alicyclic amines) is 1. The fourth-order valence-corrected chi connectivity index (χ4v) is 4.92. The van der Waals surface area contributed by atoms with Crippen molar-refractivity contribution >= 4 is 11.7 Å². The molecule has 1 unspecified atom stereocenters. The Morgan fingerprint density at radius 1 is 1.21 bits per heavy atom. The third kappa shape index (κ3) is 3.83. The van der Waals surface area contributed by atoms with Gasteiger partial charge in [0, 0.05) is 38.9 Å². The Morgan fingerprint density at radius 3 is 2.68 bits per heavy atom. The summed E-state index contributed by atoms with van der Waals surface area (Å²) in [5, 5.41) is 3.42. The van der Waals surface area contributed by atoms with E-state index in [4.69, 9.17) is 0 Å². The molecule has 154 valence electrons. The van der Waals surface area contributed by atoms with Gasteiger partial charge in [0.15, 0.2) is 0 Å². The Balaban J connectivity index is 1.43. The van der Waals surface area contributed by atoms with Crippen LogP contribution in [0.5, 0.6) is 0 Å². The maximum absolute atomic E-state index is 13.3. The van der Waals surface area contributed by atoms with Crippen LogP contribution in [0.1, 0.15) is 37.7 Å². The zero-order valence-electron chi connectivity index (χ0n) is 16.0. The molecule has 3 aliphatic rings. The molecule has 0 radical (unpaired) electrons. The molecule has 28 heavy (non-hydrogen) atoms. The molecule has 4 rings (SSSR count). The predicted molar refractivity (Wildman–Crippen MR) is 99.9 cm³/mol. The summed E-state index contributed by atoms with van der Waals surface area (Å²) in [5.74, 6) is -0.218. The molecule has 0 aromatic carbocycles. The lowest BCUT2D eigenvalue weighted by Gasteiger charge is -2.41. The average Bonchev–Trinajstić information content (AvgIpc) is 3.15. The highest BCUT2D eigenvalue weighted by molar-refractivity contribution is 5.80. The quantitative estimate of drug-likeness (QED) is 0.835. The molecule has 1 spiro atoms. The third-order valence-corrected chi connectivity index (χ3v) is 6.63. The van der Waals surface area contributed by atoms with E-state index in [0.717, 1.165) is 51.5 Å². The minimum absolute atomic E-state index is 0.0536. The fourth-order valence-electron chi connectivity index (χ4n) is 4.92. The number of hydrogen-bond donors (Lipinski definition) is 1. The van der Waals surface area contributed by atoms with Crippen LogP contribution in [-0.4, -0.2) is 55.1 Å². The Labute approximate surface area is 163 Å². The molecule has 5 nitrogen and oxygen atoms in total. The molecule has 1 amide bonds. The zero-order valence-corrected chi connectivity index (χ0v) is 16.0. The number of piperidine rings is 2. The number of hydrogen-bond acceptors (Lipinski definition) is 4. The van der Waals surface area contributed by atoms with Crippen molar-refractivity contribution in [2.24, 2.45) is 11.3 Å². The summed E-state index contributed by atoms with van der Waals surface area (Å²) in [6, 6.07) is 2.37. The first-order valence-corrected chi connectivity index (χ1v) is 10.1. The summed E-state index contributed by atoms with van der Waals surface area (Å²) in [6.45, 7) is 4.41. The van der Waals surface area contributed by atoms with E-state index in [1.54, 1.807) is 4.90 Å². The first-order chi connectivity index (χ1) is 13.4. The molecular weight excluding hydrogens is 369 g/mol. The van der Waals surface area contributed by atoms with Crippen LogP contribution in [0.4, 0.5) is 19.0 Å². The minimum Gasteiger partial charge on any atom is -0.355 e. The first kappa shape index (κ1) is 19.5. The van der Waals surface area contributed by atoms with Crippen LogP contribution in [0.2, 0.25) is 0 Å².